The second-order valence-electron chi connectivity index (χ2n) is 3.93. The number of methoxy groups -OCH3 is 1. The standard InChI is InChI=1S/C12H15NO3S/c1-3-10-8-17(14,15)12-6-9(7-16-2)4-5-11(12)13-10/h4-6,8,13H,3,7H2,1-2H3. The third-order valence-corrected chi connectivity index (χ3v) is 4.18. The Labute approximate surface area is 101 Å². The first kappa shape index (κ1) is 12.1. The molecule has 1 aromatic carbocycles. The lowest BCUT2D eigenvalue weighted by Crippen LogP contribution is -2.13. The third-order valence-electron chi connectivity index (χ3n) is 2.64. The lowest BCUT2D eigenvalue weighted by atomic mass is 10.2. The minimum absolute atomic E-state index is 0.323. The van der Waals surface area contributed by atoms with E-state index in [1.54, 1.807) is 19.2 Å². The van der Waals surface area contributed by atoms with Crippen LogP contribution in [0.1, 0.15) is 18.9 Å². The van der Waals surface area contributed by atoms with Crippen molar-refractivity contribution in [1.29, 1.82) is 0 Å². The van der Waals surface area contributed by atoms with Gasteiger partial charge in [-0.2, -0.15) is 0 Å². The Bertz CT molecular complexity index is 561. The minimum Gasteiger partial charge on any atom is -0.380 e. The van der Waals surface area contributed by atoms with Crippen LogP contribution >= 0.6 is 0 Å². The molecule has 0 spiro atoms. The fourth-order valence-corrected chi connectivity index (χ4v) is 3.26. The first-order valence-corrected chi connectivity index (χ1v) is 6.96. The molecule has 0 saturated heterocycles. The molecule has 0 saturated carbocycles. The van der Waals surface area contributed by atoms with Gasteiger partial charge in [0.1, 0.15) is 0 Å². The number of fused-ring (bicyclic) bond motifs is 1. The maximum atomic E-state index is 12.0. The van der Waals surface area contributed by atoms with Crippen molar-refractivity contribution in [1.82, 2.24) is 0 Å². The first-order chi connectivity index (χ1) is 8.06. The first-order valence-electron chi connectivity index (χ1n) is 5.41. The van der Waals surface area contributed by atoms with E-state index in [0.717, 1.165) is 11.3 Å². The van der Waals surface area contributed by atoms with Gasteiger partial charge < -0.3 is 10.1 Å². The molecule has 2 rings (SSSR count). The zero-order valence-electron chi connectivity index (χ0n) is 9.86. The normalized spacial score (nSPS) is 16.9. The zero-order valence-corrected chi connectivity index (χ0v) is 10.7. The summed E-state index contributed by atoms with van der Waals surface area (Å²) in [6, 6.07) is 5.30. The van der Waals surface area contributed by atoms with Crippen molar-refractivity contribution >= 4 is 15.5 Å². The number of nitrogens with one attached hydrogen (secondary N) is 1. The highest BCUT2D eigenvalue weighted by molar-refractivity contribution is 7.94. The van der Waals surface area contributed by atoms with Crippen molar-refractivity contribution in [2.75, 3.05) is 12.4 Å². The Hall–Kier alpha value is -1.33. The van der Waals surface area contributed by atoms with Crippen molar-refractivity contribution in [2.45, 2.75) is 24.8 Å². The van der Waals surface area contributed by atoms with Crippen LogP contribution in [0.25, 0.3) is 0 Å². The zero-order chi connectivity index (χ0) is 12.5. The number of anilines is 1. The van der Waals surface area contributed by atoms with Crippen molar-refractivity contribution < 1.29 is 13.2 Å². The number of ether oxygens (including phenoxy) is 1. The molecule has 4 nitrogen and oxygen atoms in total. The molecule has 0 atom stereocenters. The van der Waals surface area contributed by atoms with E-state index in [0.29, 0.717) is 23.6 Å². The molecule has 0 bridgehead atoms. The number of hydrogen-bond donors (Lipinski definition) is 1. The van der Waals surface area contributed by atoms with E-state index < -0.39 is 9.84 Å². The van der Waals surface area contributed by atoms with Crippen molar-refractivity contribution in [3.8, 4) is 0 Å². The van der Waals surface area contributed by atoms with Crippen molar-refractivity contribution in [3.05, 3.63) is 34.9 Å². The molecule has 17 heavy (non-hydrogen) atoms. The van der Waals surface area contributed by atoms with Gasteiger partial charge in [0.2, 0.25) is 9.84 Å². The second-order valence-corrected chi connectivity index (χ2v) is 5.70. The molecule has 0 fully saturated rings. The summed E-state index contributed by atoms with van der Waals surface area (Å²) in [4.78, 5) is 0.323. The maximum Gasteiger partial charge on any atom is 0.203 e. The van der Waals surface area contributed by atoms with E-state index in [4.69, 9.17) is 4.74 Å². The molecule has 1 N–H and O–H groups in total. The van der Waals surface area contributed by atoms with Gasteiger partial charge in [-0.1, -0.05) is 13.0 Å². The molecule has 0 radical (unpaired) electrons. The number of allylic oxidation sites excluding steroid dienone is 1. The van der Waals surface area contributed by atoms with Crippen molar-refractivity contribution in [3.63, 3.8) is 0 Å². The number of sulfone groups is 1. The Morgan fingerprint density at radius 2 is 2.12 bits per heavy atom. The van der Waals surface area contributed by atoms with Crippen LogP contribution in [0.5, 0.6) is 0 Å². The number of benzene rings is 1. The Kier molecular flexibility index (Phi) is 3.22. The molecule has 1 aliphatic heterocycles. The predicted octanol–water partition coefficient (Wildman–Crippen LogP) is 2.28. The summed E-state index contributed by atoms with van der Waals surface area (Å²) in [6.07, 6.45) is 0.665. The summed E-state index contributed by atoms with van der Waals surface area (Å²) < 4.78 is 29.1. The molecule has 0 aromatic heterocycles. The van der Waals surface area contributed by atoms with Gasteiger partial charge >= 0.3 is 0 Å². The van der Waals surface area contributed by atoms with Gasteiger partial charge in [-0.3, -0.25) is 0 Å². The van der Waals surface area contributed by atoms with Gasteiger partial charge in [0.05, 0.1) is 22.6 Å². The molecular weight excluding hydrogens is 238 g/mol. The Morgan fingerprint density at radius 1 is 1.35 bits per heavy atom. The average Bonchev–Trinajstić information content (AvgIpc) is 2.29. The molecule has 1 heterocycles. The SMILES string of the molecule is CCC1=CS(=O)(=O)c2cc(COC)ccc2N1. The summed E-state index contributed by atoms with van der Waals surface area (Å²) in [5.74, 6) is 0. The highest BCUT2D eigenvalue weighted by atomic mass is 32.2. The monoisotopic (exact) mass is 253 g/mol. The van der Waals surface area contributed by atoms with Gasteiger partial charge in [-0.15, -0.1) is 0 Å². The van der Waals surface area contributed by atoms with Gasteiger partial charge in [-0.05, 0) is 24.1 Å². The van der Waals surface area contributed by atoms with Crippen LogP contribution in [-0.4, -0.2) is 15.5 Å². The van der Waals surface area contributed by atoms with Crippen LogP contribution in [0, 0.1) is 0 Å². The topological polar surface area (TPSA) is 55.4 Å². The summed E-state index contributed by atoms with van der Waals surface area (Å²) >= 11 is 0. The fraction of sp³-hybridized carbons (Fsp3) is 0.333. The Balaban J connectivity index is 2.50. The summed E-state index contributed by atoms with van der Waals surface area (Å²) in [7, 11) is -1.74. The molecule has 0 aliphatic carbocycles. The largest absolute Gasteiger partial charge is 0.380 e. The van der Waals surface area contributed by atoms with Crippen molar-refractivity contribution in [2.24, 2.45) is 0 Å². The van der Waals surface area contributed by atoms with E-state index in [9.17, 15) is 8.42 Å². The fourth-order valence-electron chi connectivity index (χ4n) is 1.79. The van der Waals surface area contributed by atoms with Crippen LogP contribution in [-0.2, 0) is 21.2 Å². The second kappa shape index (κ2) is 4.50. The predicted molar refractivity (Wildman–Crippen MR) is 66.3 cm³/mol. The third kappa shape index (κ3) is 2.35. The van der Waals surface area contributed by atoms with E-state index in [-0.39, 0.29) is 0 Å². The van der Waals surface area contributed by atoms with Gasteiger partial charge in [0, 0.05) is 12.8 Å². The van der Waals surface area contributed by atoms with E-state index in [1.165, 1.54) is 5.41 Å². The van der Waals surface area contributed by atoms with Crippen LogP contribution in [0.2, 0.25) is 0 Å². The summed E-state index contributed by atoms with van der Waals surface area (Å²) in [6.45, 7) is 2.33. The van der Waals surface area contributed by atoms with E-state index in [1.807, 2.05) is 13.0 Å². The molecule has 5 heteroatoms. The summed E-state index contributed by atoms with van der Waals surface area (Å²) in [5, 5.41) is 4.41. The van der Waals surface area contributed by atoms with E-state index in [2.05, 4.69) is 5.32 Å². The highest BCUT2D eigenvalue weighted by Gasteiger charge is 2.22. The number of rotatable bonds is 3. The average molecular weight is 253 g/mol. The van der Waals surface area contributed by atoms with Gasteiger partial charge in [0.15, 0.2) is 0 Å². The minimum atomic E-state index is -3.32. The lowest BCUT2D eigenvalue weighted by Gasteiger charge is -2.19. The van der Waals surface area contributed by atoms with E-state index >= 15 is 0 Å². The van der Waals surface area contributed by atoms with Gasteiger partial charge in [0.25, 0.3) is 0 Å². The molecule has 1 aromatic rings. The lowest BCUT2D eigenvalue weighted by molar-refractivity contribution is 0.184. The smallest absolute Gasteiger partial charge is 0.203 e. The molecular formula is C12H15NO3S. The number of hydrogen-bond acceptors (Lipinski definition) is 4. The van der Waals surface area contributed by atoms with Crippen LogP contribution in [0.4, 0.5) is 5.69 Å². The van der Waals surface area contributed by atoms with Crippen LogP contribution < -0.4 is 5.32 Å². The van der Waals surface area contributed by atoms with Gasteiger partial charge in [-0.25, -0.2) is 8.42 Å². The maximum absolute atomic E-state index is 12.0. The molecule has 0 amide bonds. The van der Waals surface area contributed by atoms with Crippen LogP contribution in [0.3, 0.4) is 0 Å². The summed E-state index contributed by atoms with van der Waals surface area (Å²) in [5.41, 5.74) is 2.21. The molecule has 0 unspecified atom stereocenters. The highest BCUT2D eigenvalue weighted by Crippen LogP contribution is 2.31. The molecule has 92 valence electrons. The Morgan fingerprint density at radius 3 is 2.76 bits per heavy atom. The van der Waals surface area contributed by atoms with Crippen LogP contribution in [0.15, 0.2) is 34.2 Å². The quantitative estimate of drug-likeness (QED) is 0.898. The molecule has 1 aliphatic rings.